The molecule has 0 saturated carbocycles. The van der Waals surface area contributed by atoms with Gasteiger partial charge in [0.2, 0.25) is 0 Å². The Kier molecular flexibility index (Phi) is 8.16. The van der Waals surface area contributed by atoms with E-state index in [1.54, 1.807) is 21.7 Å². The monoisotopic (exact) mass is 476 g/mol. The molecule has 3 heteroatoms. The van der Waals surface area contributed by atoms with Crippen molar-refractivity contribution in [2.75, 3.05) is 0 Å². The highest BCUT2D eigenvalue weighted by atomic mass is 31.1. The lowest BCUT2D eigenvalue weighted by molar-refractivity contribution is 0.554. The van der Waals surface area contributed by atoms with Gasteiger partial charge in [-0.2, -0.15) is 0 Å². The maximum atomic E-state index is 2.59. The van der Waals surface area contributed by atoms with Crippen molar-refractivity contribution in [3.63, 3.8) is 0 Å². The fourth-order valence-electron chi connectivity index (χ4n) is 4.81. The Morgan fingerprint density at radius 2 is 0.935 bits per heavy atom. The molecule has 1 atom stereocenters. The molecule has 0 bridgehead atoms. The largest absolute Gasteiger partial charge is 0.103 e. The summed E-state index contributed by atoms with van der Waals surface area (Å²) in [5, 5.41) is 3.33. The third-order valence-electron chi connectivity index (χ3n) is 5.91. The Morgan fingerprint density at radius 3 is 1.13 bits per heavy atom. The number of hydrogen-bond donors (Lipinski definition) is 0. The van der Waals surface area contributed by atoms with Crippen molar-refractivity contribution >= 4 is 38.5 Å². The van der Waals surface area contributed by atoms with Gasteiger partial charge in [-0.05, 0) is 46.8 Å². The van der Waals surface area contributed by atoms with E-state index in [1.165, 1.54) is 5.56 Å². The standard InChI is InChI=1S/C28H53PSi2/c1-20(2)29(25(30(12,13)14)31(15,16)17)24-22(27(6,7)8)18-21(26(3,4)5)19-23(24)28(9,10)11/h18-19H,1-17H3. The summed E-state index contributed by atoms with van der Waals surface area (Å²) in [5.41, 5.74) is 5.05. The van der Waals surface area contributed by atoms with E-state index in [-0.39, 0.29) is 16.2 Å². The minimum absolute atomic E-state index is 0.122. The van der Waals surface area contributed by atoms with Gasteiger partial charge in [-0.15, -0.1) is 7.17 Å². The van der Waals surface area contributed by atoms with E-state index in [0.717, 1.165) is 0 Å². The molecule has 1 unspecified atom stereocenters. The molecule has 31 heavy (non-hydrogen) atoms. The topological polar surface area (TPSA) is 0 Å². The molecule has 1 aromatic rings. The summed E-state index contributed by atoms with van der Waals surface area (Å²) in [6, 6.07) is 5.16. The first kappa shape index (κ1) is 28.7. The highest BCUT2D eigenvalue weighted by Gasteiger charge is 2.36. The molecule has 0 nitrogen and oxygen atoms in total. The van der Waals surface area contributed by atoms with E-state index in [4.69, 9.17) is 0 Å². The fourth-order valence-corrected chi connectivity index (χ4v) is 23.6. The van der Waals surface area contributed by atoms with Gasteiger partial charge in [0.25, 0.3) is 0 Å². The van der Waals surface area contributed by atoms with Crippen molar-refractivity contribution in [1.29, 1.82) is 0 Å². The van der Waals surface area contributed by atoms with E-state index in [0.29, 0.717) is 0 Å². The van der Waals surface area contributed by atoms with Crippen LogP contribution in [0.2, 0.25) is 39.3 Å². The van der Waals surface area contributed by atoms with Gasteiger partial charge in [0.1, 0.15) is 0 Å². The number of benzene rings is 1. The molecular weight excluding hydrogens is 423 g/mol. The van der Waals surface area contributed by atoms with Gasteiger partial charge < -0.3 is 0 Å². The normalized spacial score (nSPS) is 14.5. The second-order valence-electron chi connectivity index (χ2n) is 14.8. The summed E-state index contributed by atoms with van der Waals surface area (Å²) in [5.74, 6) is 0. The maximum Gasteiger partial charge on any atom is 0.0731 e. The molecule has 1 rings (SSSR count). The molecule has 178 valence electrons. The highest BCUT2D eigenvalue weighted by molar-refractivity contribution is 7.79. The van der Waals surface area contributed by atoms with Crippen LogP contribution in [0.1, 0.15) is 92.9 Å². The van der Waals surface area contributed by atoms with Gasteiger partial charge >= 0.3 is 0 Å². The van der Waals surface area contributed by atoms with Gasteiger partial charge in [0.15, 0.2) is 0 Å². The quantitative estimate of drug-likeness (QED) is 0.302. The van der Waals surface area contributed by atoms with Crippen molar-refractivity contribution in [3.05, 3.63) is 28.8 Å². The lowest BCUT2D eigenvalue weighted by atomic mass is 9.75. The zero-order valence-electron chi connectivity index (χ0n) is 24.1. The summed E-state index contributed by atoms with van der Waals surface area (Å²) in [6.07, 6.45) is 0. The van der Waals surface area contributed by atoms with E-state index in [9.17, 15) is 0 Å². The van der Waals surface area contributed by atoms with Gasteiger partial charge in [-0.3, -0.25) is 0 Å². The number of rotatable bonds is 3. The van der Waals surface area contributed by atoms with Crippen LogP contribution in [-0.2, 0) is 16.2 Å². The van der Waals surface area contributed by atoms with Crippen molar-refractivity contribution in [3.8, 4) is 0 Å². The van der Waals surface area contributed by atoms with Crippen molar-refractivity contribution < 1.29 is 0 Å². The molecule has 0 aliphatic rings. The van der Waals surface area contributed by atoms with Crippen molar-refractivity contribution in [2.24, 2.45) is 0 Å². The zero-order valence-corrected chi connectivity index (χ0v) is 27.0. The Balaban J connectivity index is 4.61. The second kappa shape index (κ2) is 8.80. The molecule has 0 spiro atoms. The van der Waals surface area contributed by atoms with Crippen LogP contribution >= 0.6 is 7.17 Å². The molecular formula is C28H53PSi2. The predicted molar refractivity (Wildman–Crippen MR) is 157 cm³/mol. The molecule has 1 aromatic carbocycles. The first-order valence-corrected chi connectivity index (χ1v) is 20.4. The lowest BCUT2D eigenvalue weighted by Crippen LogP contribution is -2.50. The SMILES string of the molecule is CC(C)=P(=C([Si](C)(C)C)[Si](C)(C)C)c1c(C(C)(C)C)cc(C(C)(C)C)cc1C(C)(C)C. The van der Waals surface area contributed by atoms with E-state index in [2.05, 4.69) is 128 Å². The molecule has 0 N–H and O–H groups in total. The predicted octanol–water partition coefficient (Wildman–Crippen LogP) is 8.83. The molecule has 0 aliphatic carbocycles. The van der Waals surface area contributed by atoms with Crippen LogP contribution in [0.15, 0.2) is 12.1 Å². The zero-order chi connectivity index (χ0) is 25.0. The van der Waals surface area contributed by atoms with Crippen molar-refractivity contribution in [1.82, 2.24) is 0 Å². The average molecular weight is 477 g/mol. The average Bonchev–Trinajstić information content (AvgIpc) is 2.45. The van der Waals surface area contributed by atoms with Crippen molar-refractivity contribution in [2.45, 2.75) is 132 Å². The minimum Gasteiger partial charge on any atom is -0.103 e. The highest BCUT2D eigenvalue weighted by Crippen LogP contribution is 2.39. The minimum atomic E-state index is -1.46. The Morgan fingerprint density at radius 1 is 0.613 bits per heavy atom. The van der Waals surface area contributed by atoms with E-state index >= 15 is 0 Å². The summed E-state index contributed by atoms with van der Waals surface area (Å²) in [6.45, 7) is 42.0. The summed E-state index contributed by atoms with van der Waals surface area (Å²) < 4.78 is 1.98. The van der Waals surface area contributed by atoms with E-state index < -0.39 is 23.3 Å². The van der Waals surface area contributed by atoms with Gasteiger partial charge in [0, 0.05) is 5.30 Å². The summed E-state index contributed by atoms with van der Waals surface area (Å²) in [7, 11) is -3.33. The third-order valence-corrected chi connectivity index (χ3v) is 20.9. The first-order valence-electron chi connectivity index (χ1n) is 12.1. The van der Waals surface area contributed by atoms with Gasteiger partial charge in [-0.1, -0.05) is 124 Å². The fraction of sp³-hybridized carbons (Fsp3) is 0.714. The Hall–Kier alpha value is -0.306. The lowest BCUT2D eigenvalue weighted by Gasteiger charge is -2.38. The summed E-state index contributed by atoms with van der Waals surface area (Å²) in [4.78, 5) is 0. The molecule has 0 aliphatic heterocycles. The van der Waals surface area contributed by atoms with Crippen LogP contribution < -0.4 is 5.30 Å². The maximum absolute atomic E-state index is 2.59. The third kappa shape index (κ3) is 6.84. The molecule has 0 amide bonds. The Bertz CT molecular complexity index is 851. The van der Waals surface area contributed by atoms with Gasteiger partial charge in [-0.25, -0.2) is 0 Å². The molecule has 0 aromatic heterocycles. The number of hydrogen-bond acceptors (Lipinski definition) is 0. The van der Waals surface area contributed by atoms with E-state index in [1.807, 2.05) is 4.54 Å². The summed E-state index contributed by atoms with van der Waals surface area (Å²) >= 11 is 0. The van der Waals surface area contributed by atoms with Crippen LogP contribution in [0.25, 0.3) is 0 Å². The van der Waals surface area contributed by atoms with Crippen LogP contribution in [0, 0.1) is 0 Å². The van der Waals surface area contributed by atoms with Crippen LogP contribution in [0.3, 0.4) is 0 Å². The first-order chi connectivity index (χ1) is 13.4. The smallest absolute Gasteiger partial charge is 0.0731 e. The second-order valence-corrected chi connectivity index (χ2v) is 28.6. The van der Waals surface area contributed by atoms with Gasteiger partial charge in [0.05, 0.1) is 16.1 Å². The molecule has 0 heterocycles. The van der Waals surface area contributed by atoms with Crippen LogP contribution in [-0.4, -0.2) is 26.0 Å². The molecule has 0 saturated heterocycles. The van der Waals surface area contributed by atoms with Crippen LogP contribution in [0.5, 0.6) is 0 Å². The molecule has 0 fully saturated rings. The van der Waals surface area contributed by atoms with Crippen LogP contribution in [0.4, 0.5) is 0 Å². The molecule has 0 radical (unpaired) electrons. The Labute approximate surface area is 198 Å².